The minimum Gasteiger partial charge on any atom is -0.456 e. The zero-order chi connectivity index (χ0) is 15.8. The maximum atomic E-state index is 13.3. The Morgan fingerprint density at radius 1 is 1.43 bits per heavy atom. The summed E-state index contributed by atoms with van der Waals surface area (Å²) < 4.78 is 25.2. The van der Waals surface area contributed by atoms with Crippen LogP contribution < -0.4 is 0 Å². The highest BCUT2D eigenvalue weighted by atomic mass is 19.1. The molecule has 0 amide bonds. The first kappa shape index (κ1) is 15.4. The van der Waals surface area contributed by atoms with Crippen LogP contribution in [0.1, 0.15) is 49.9 Å². The second-order valence-corrected chi connectivity index (χ2v) is 5.67. The van der Waals surface area contributed by atoms with Crippen molar-refractivity contribution in [3.8, 4) is 0 Å². The lowest BCUT2D eigenvalue weighted by Crippen LogP contribution is -2.26. The van der Waals surface area contributed by atoms with Gasteiger partial charge in [-0.2, -0.15) is 4.39 Å². The summed E-state index contributed by atoms with van der Waals surface area (Å²) >= 11 is 0. The number of nitrogens with zero attached hydrogens (tertiary/aromatic N) is 3. The van der Waals surface area contributed by atoms with Gasteiger partial charge in [0.15, 0.2) is 5.65 Å². The van der Waals surface area contributed by atoms with Crippen LogP contribution in [0.2, 0.25) is 0 Å². The van der Waals surface area contributed by atoms with Gasteiger partial charge in [-0.15, -0.1) is 5.10 Å². The first-order chi connectivity index (χ1) is 9.73. The largest absolute Gasteiger partial charge is 0.456 e. The quantitative estimate of drug-likeness (QED) is 0.814. The number of carbonyl (C=O) groups is 1. The third-order valence-electron chi connectivity index (χ3n) is 2.85. The number of fused-ring (bicyclic) bond motifs is 1. The lowest BCUT2D eigenvalue weighted by atomic mass is 10.1. The lowest BCUT2D eigenvalue weighted by molar-refractivity contribution is 0.00602. The maximum Gasteiger partial charge on any atom is 0.342 e. The van der Waals surface area contributed by atoms with Crippen molar-refractivity contribution in [3.63, 3.8) is 0 Å². The van der Waals surface area contributed by atoms with Crippen LogP contribution in [0.4, 0.5) is 4.39 Å². The lowest BCUT2D eigenvalue weighted by Gasteiger charge is -2.21. The number of halogens is 1. The Hall–Kier alpha value is -2.02. The Balaban J connectivity index is 2.59. The number of esters is 1. The fraction of sp³-hybridized carbons (Fsp3) is 0.500. The number of aromatic nitrogens is 3. The van der Waals surface area contributed by atoms with Crippen molar-refractivity contribution in [3.05, 3.63) is 29.5 Å². The van der Waals surface area contributed by atoms with Gasteiger partial charge in [-0.3, -0.25) is 0 Å². The van der Waals surface area contributed by atoms with Crippen LogP contribution >= 0.6 is 0 Å². The molecule has 0 N–H and O–H groups in total. The molecule has 0 aliphatic rings. The third kappa shape index (κ3) is 3.18. The molecule has 1 unspecified atom stereocenters. The van der Waals surface area contributed by atoms with Crippen LogP contribution in [-0.4, -0.2) is 33.3 Å². The predicted molar refractivity (Wildman–Crippen MR) is 73.5 cm³/mol. The van der Waals surface area contributed by atoms with Gasteiger partial charge < -0.3 is 9.47 Å². The molecule has 1 atom stereocenters. The van der Waals surface area contributed by atoms with Crippen molar-refractivity contribution in [2.75, 3.05) is 7.11 Å². The van der Waals surface area contributed by atoms with E-state index in [-0.39, 0.29) is 5.56 Å². The summed E-state index contributed by atoms with van der Waals surface area (Å²) in [6.45, 7) is 7.04. The molecule has 0 aliphatic heterocycles. The fourth-order valence-corrected chi connectivity index (χ4v) is 1.92. The summed E-state index contributed by atoms with van der Waals surface area (Å²) in [7, 11) is 1.50. The number of carbonyl (C=O) groups excluding carboxylic acids is 1. The molecular formula is C14H18FN3O3. The molecule has 6 nitrogen and oxygen atoms in total. The van der Waals surface area contributed by atoms with Crippen LogP contribution in [-0.2, 0) is 9.47 Å². The molecule has 0 saturated heterocycles. The SMILES string of the molecule is COC(C)c1c(C(=O)OC(C)(C)C)cnc2cc(F)nn12. The average Bonchev–Trinajstić information content (AvgIpc) is 2.74. The van der Waals surface area contributed by atoms with E-state index in [9.17, 15) is 9.18 Å². The molecule has 0 bridgehead atoms. The van der Waals surface area contributed by atoms with Gasteiger partial charge in [0, 0.05) is 19.4 Å². The fourth-order valence-electron chi connectivity index (χ4n) is 1.92. The van der Waals surface area contributed by atoms with Gasteiger partial charge in [0.2, 0.25) is 5.95 Å². The molecule has 2 aromatic heterocycles. The van der Waals surface area contributed by atoms with Crippen molar-refractivity contribution < 1.29 is 18.7 Å². The standard InChI is InChI=1S/C14H18FN3O3/c1-8(20-5)12-9(13(19)21-14(2,3)4)7-16-11-6-10(15)17-18(11)12/h6-8H,1-5H3. The molecule has 21 heavy (non-hydrogen) atoms. The van der Waals surface area contributed by atoms with E-state index in [1.807, 2.05) is 0 Å². The second kappa shape index (κ2) is 5.40. The molecule has 2 aromatic rings. The van der Waals surface area contributed by atoms with E-state index in [4.69, 9.17) is 9.47 Å². The highest BCUT2D eigenvalue weighted by molar-refractivity contribution is 5.91. The highest BCUT2D eigenvalue weighted by Gasteiger charge is 2.26. The zero-order valence-electron chi connectivity index (χ0n) is 12.7. The topological polar surface area (TPSA) is 65.7 Å². The summed E-state index contributed by atoms with van der Waals surface area (Å²) in [4.78, 5) is 16.3. The van der Waals surface area contributed by atoms with Gasteiger partial charge in [-0.1, -0.05) is 0 Å². The number of hydrogen-bond acceptors (Lipinski definition) is 5. The van der Waals surface area contributed by atoms with Crippen LogP contribution in [0.5, 0.6) is 0 Å². The Kier molecular flexibility index (Phi) is 3.95. The normalized spacial score (nSPS) is 13.4. The van der Waals surface area contributed by atoms with Gasteiger partial charge in [-0.05, 0) is 27.7 Å². The minimum absolute atomic E-state index is 0.204. The van der Waals surface area contributed by atoms with Crippen molar-refractivity contribution >= 4 is 11.6 Å². The summed E-state index contributed by atoms with van der Waals surface area (Å²) in [6.07, 6.45) is 0.882. The Labute approximate surface area is 121 Å². The number of methoxy groups -OCH3 is 1. The van der Waals surface area contributed by atoms with Gasteiger partial charge >= 0.3 is 5.97 Å². The summed E-state index contributed by atoms with van der Waals surface area (Å²) in [5, 5.41) is 3.72. The van der Waals surface area contributed by atoms with Crippen molar-refractivity contribution in [1.82, 2.24) is 14.6 Å². The molecule has 0 spiro atoms. The zero-order valence-corrected chi connectivity index (χ0v) is 12.7. The summed E-state index contributed by atoms with van der Waals surface area (Å²) in [6, 6.07) is 1.19. The molecule has 7 heteroatoms. The van der Waals surface area contributed by atoms with Gasteiger partial charge in [-0.25, -0.2) is 14.3 Å². The van der Waals surface area contributed by atoms with E-state index in [1.165, 1.54) is 23.9 Å². The highest BCUT2D eigenvalue weighted by Crippen LogP contribution is 2.23. The summed E-state index contributed by atoms with van der Waals surface area (Å²) in [5.41, 5.74) is 0.267. The third-order valence-corrected chi connectivity index (χ3v) is 2.85. The van der Waals surface area contributed by atoms with E-state index < -0.39 is 23.6 Å². The molecule has 2 rings (SSSR count). The van der Waals surface area contributed by atoms with Gasteiger partial charge in [0.05, 0.1) is 11.8 Å². The van der Waals surface area contributed by atoms with Crippen LogP contribution in [0, 0.1) is 5.95 Å². The van der Waals surface area contributed by atoms with E-state index in [1.54, 1.807) is 27.7 Å². The number of hydrogen-bond donors (Lipinski definition) is 0. The molecule has 0 radical (unpaired) electrons. The molecule has 114 valence electrons. The first-order valence-electron chi connectivity index (χ1n) is 6.53. The van der Waals surface area contributed by atoms with E-state index in [0.29, 0.717) is 11.3 Å². The van der Waals surface area contributed by atoms with E-state index >= 15 is 0 Å². The number of rotatable bonds is 3. The molecule has 2 heterocycles. The first-order valence-corrected chi connectivity index (χ1v) is 6.53. The average molecular weight is 295 g/mol. The smallest absolute Gasteiger partial charge is 0.342 e. The maximum absolute atomic E-state index is 13.3. The number of ether oxygens (including phenoxy) is 2. The Bertz CT molecular complexity index is 676. The minimum atomic E-state index is -0.673. The van der Waals surface area contributed by atoms with E-state index in [2.05, 4.69) is 10.1 Å². The Morgan fingerprint density at radius 2 is 2.10 bits per heavy atom. The second-order valence-electron chi connectivity index (χ2n) is 5.67. The van der Waals surface area contributed by atoms with Crippen LogP contribution in [0.15, 0.2) is 12.3 Å². The molecular weight excluding hydrogens is 277 g/mol. The van der Waals surface area contributed by atoms with Crippen molar-refractivity contribution in [1.29, 1.82) is 0 Å². The van der Waals surface area contributed by atoms with Gasteiger partial charge in [0.1, 0.15) is 11.2 Å². The Morgan fingerprint density at radius 3 is 2.67 bits per heavy atom. The monoisotopic (exact) mass is 295 g/mol. The molecule has 0 aliphatic carbocycles. The molecule has 0 fully saturated rings. The van der Waals surface area contributed by atoms with Crippen molar-refractivity contribution in [2.45, 2.75) is 39.4 Å². The van der Waals surface area contributed by atoms with Crippen LogP contribution in [0.3, 0.4) is 0 Å². The van der Waals surface area contributed by atoms with Crippen molar-refractivity contribution in [2.24, 2.45) is 0 Å². The van der Waals surface area contributed by atoms with Crippen LogP contribution in [0.25, 0.3) is 5.65 Å². The summed E-state index contributed by atoms with van der Waals surface area (Å²) in [5.74, 6) is -1.22. The molecule has 0 saturated carbocycles. The predicted octanol–water partition coefficient (Wildman–Crippen LogP) is 2.53. The van der Waals surface area contributed by atoms with E-state index in [0.717, 1.165) is 0 Å². The van der Waals surface area contributed by atoms with Gasteiger partial charge in [0.25, 0.3) is 0 Å². The molecule has 0 aromatic carbocycles.